The molecule has 0 saturated carbocycles. The highest BCUT2D eigenvalue weighted by Crippen LogP contribution is 2.17. The number of nitrogens with zero attached hydrogens (tertiary/aromatic N) is 3. The monoisotopic (exact) mass is 198 g/mol. The van der Waals surface area contributed by atoms with Gasteiger partial charge < -0.3 is 10.2 Å². The molecule has 0 radical (unpaired) electrons. The minimum absolute atomic E-state index is 0.886. The van der Waals surface area contributed by atoms with E-state index in [0.29, 0.717) is 0 Å². The maximum Gasteiger partial charge on any atom is 0.205 e. The van der Waals surface area contributed by atoms with Crippen LogP contribution in [-0.2, 0) is 0 Å². The van der Waals surface area contributed by atoms with E-state index in [0.717, 1.165) is 37.1 Å². The molecule has 2 rings (SSSR count). The Hall–Kier alpha value is -0.680. The van der Waals surface area contributed by atoms with E-state index in [-0.39, 0.29) is 0 Å². The summed E-state index contributed by atoms with van der Waals surface area (Å²) in [6.07, 6.45) is 1.19. The summed E-state index contributed by atoms with van der Waals surface area (Å²) < 4.78 is 4.19. The van der Waals surface area contributed by atoms with E-state index in [1.165, 1.54) is 18.0 Å². The number of aryl methyl sites for hydroxylation is 1. The van der Waals surface area contributed by atoms with Crippen LogP contribution >= 0.6 is 11.5 Å². The third kappa shape index (κ3) is 2.16. The van der Waals surface area contributed by atoms with E-state index in [1.807, 2.05) is 6.92 Å². The van der Waals surface area contributed by atoms with Crippen molar-refractivity contribution in [3.8, 4) is 0 Å². The number of rotatable bonds is 1. The Balaban J connectivity index is 2.06. The summed E-state index contributed by atoms with van der Waals surface area (Å²) in [5.74, 6) is 0.886. The molecule has 0 aliphatic carbocycles. The van der Waals surface area contributed by atoms with Crippen LogP contribution in [0.15, 0.2) is 0 Å². The van der Waals surface area contributed by atoms with Gasteiger partial charge >= 0.3 is 0 Å². The van der Waals surface area contributed by atoms with Gasteiger partial charge in [0, 0.05) is 31.2 Å². The van der Waals surface area contributed by atoms with Crippen molar-refractivity contribution < 1.29 is 0 Å². The number of nitrogens with one attached hydrogen (secondary N) is 1. The molecule has 72 valence electrons. The molecule has 1 aliphatic rings. The molecule has 0 bridgehead atoms. The SMILES string of the molecule is Cc1nsc(N2CCCNCC2)n1. The molecular weight excluding hydrogens is 184 g/mol. The molecule has 1 fully saturated rings. The molecule has 5 heteroatoms. The first kappa shape index (κ1) is 8.90. The Morgan fingerprint density at radius 3 is 3.08 bits per heavy atom. The van der Waals surface area contributed by atoms with Crippen LogP contribution in [0.1, 0.15) is 12.2 Å². The quantitative estimate of drug-likeness (QED) is 0.719. The average Bonchev–Trinajstić information content (AvgIpc) is 2.43. The standard InChI is InChI=1S/C8H14N4S/c1-7-10-8(13-11-7)12-5-2-3-9-4-6-12/h9H,2-6H2,1H3. The van der Waals surface area contributed by atoms with Crippen molar-refractivity contribution in [3.05, 3.63) is 5.82 Å². The molecule has 0 unspecified atom stereocenters. The maximum absolute atomic E-state index is 4.38. The molecule has 0 amide bonds. The summed E-state index contributed by atoms with van der Waals surface area (Å²) in [5, 5.41) is 4.44. The van der Waals surface area contributed by atoms with Gasteiger partial charge in [-0.3, -0.25) is 0 Å². The van der Waals surface area contributed by atoms with Gasteiger partial charge in [-0.25, -0.2) is 4.98 Å². The fourth-order valence-electron chi connectivity index (χ4n) is 1.45. The maximum atomic E-state index is 4.38. The highest BCUT2D eigenvalue weighted by atomic mass is 32.1. The molecule has 2 heterocycles. The van der Waals surface area contributed by atoms with Crippen LogP contribution in [0.5, 0.6) is 0 Å². The van der Waals surface area contributed by atoms with Crippen LogP contribution in [-0.4, -0.2) is 35.5 Å². The van der Waals surface area contributed by atoms with E-state index < -0.39 is 0 Å². The normalized spacial score (nSPS) is 18.7. The zero-order valence-corrected chi connectivity index (χ0v) is 8.60. The molecule has 0 spiro atoms. The van der Waals surface area contributed by atoms with Gasteiger partial charge in [-0.1, -0.05) is 0 Å². The third-order valence-electron chi connectivity index (χ3n) is 2.13. The Labute approximate surface area is 82.1 Å². The van der Waals surface area contributed by atoms with Gasteiger partial charge in [0.15, 0.2) is 0 Å². The zero-order valence-electron chi connectivity index (χ0n) is 7.79. The van der Waals surface area contributed by atoms with Crippen molar-refractivity contribution in [2.45, 2.75) is 13.3 Å². The molecular formula is C8H14N4S. The van der Waals surface area contributed by atoms with Crippen molar-refractivity contribution in [2.75, 3.05) is 31.1 Å². The summed E-state index contributed by atoms with van der Waals surface area (Å²) in [7, 11) is 0. The van der Waals surface area contributed by atoms with Gasteiger partial charge in [0.1, 0.15) is 5.82 Å². The molecule has 13 heavy (non-hydrogen) atoms. The van der Waals surface area contributed by atoms with Crippen molar-refractivity contribution >= 4 is 16.7 Å². The van der Waals surface area contributed by atoms with Crippen LogP contribution in [0.4, 0.5) is 5.13 Å². The Morgan fingerprint density at radius 1 is 1.38 bits per heavy atom. The van der Waals surface area contributed by atoms with Crippen LogP contribution in [0.3, 0.4) is 0 Å². The number of hydrogen-bond acceptors (Lipinski definition) is 5. The van der Waals surface area contributed by atoms with Crippen molar-refractivity contribution in [3.63, 3.8) is 0 Å². The van der Waals surface area contributed by atoms with Gasteiger partial charge in [-0.15, -0.1) is 0 Å². The topological polar surface area (TPSA) is 41.1 Å². The van der Waals surface area contributed by atoms with E-state index >= 15 is 0 Å². The third-order valence-corrected chi connectivity index (χ3v) is 3.00. The van der Waals surface area contributed by atoms with Crippen molar-refractivity contribution in [2.24, 2.45) is 0 Å². The molecule has 4 nitrogen and oxygen atoms in total. The number of aromatic nitrogens is 2. The van der Waals surface area contributed by atoms with Gasteiger partial charge in [0.05, 0.1) is 0 Å². The van der Waals surface area contributed by atoms with E-state index in [4.69, 9.17) is 0 Å². The lowest BCUT2D eigenvalue weighted by atomic mass is 10.4. The summed E-state index contributed by atoms with van der Waals surface area (Å²) in [5.41, 5.74) is 0. The van der Waals surface area contributed by atoms with Crippen LogP contribution < -0.4 is 10.2 Å². The van der Waals surface area contributed by atoms with Crippen molar-refractivity contribution in [1.29, 1.82) is 0 Å². The van der Waals surface area contributed by atoms with Crippen molar-refractivity contribution in [1.82, 2.24) is 14.7 Å². The molecule has 1 saturated heterocycles. The first-order valence-electron chi connectivity index (χ1n) is 4.62. The fraction of sp³-hybridized carbons (Fsp3) is 0.750. The highest BCUT2D eigenvalue weighted by molar-refractivity contribution is 7.09. The lowest BCUT2D eigenvalue weighted by molar-refractivity contribution is 0.724. The number of anilines is 1. The molecule has 0 atom stereocenters. The van der Waals surface area contributed by atoms with E-state index in [1.54, 1.807) is 0 Å². The minimum atomic E-state index is 0.886. The van der Waals surface area contributed by atoms with Gasteiger partial charge in [0.2, 0.25) is 5.13 Å². The summed E-state index contributed by atoms with van der Waals surface area (Å²) in [6, 6.07) is 0. The Kier molecular flexibility index (Phi) is 2.75. The summed E-state index contributed by atoms with van der Waals surface area (Å²) >= 11 is 1.50. The fourth-order valence-corrected chi connectivity index (χ4v) is 2.18. The molecule has 1 aliphatic heterocycles. The molecule has 1 N–H and O–H groups in total. The second-order valence-electron chi connectivity index (χ2n) is 3.21. The van der Waals surface area contributed by atoms with Gasteiger partial charge in [-0.05, 0) is 19.9 Å². The van der Waals surface area contributed by atoms with Gasteiger partial charge in [-0.2, -0.15) is 4.37 Å². The first-order chi connectivity index (χ1) is 6.36. The second kappa shape index (κ2) is 4.02. The van der Waals surface area contributed by atoms with Crippen LogP contribution in [0.2, 0.25) is 0 Å². The second-order valence-corrected chi connectivity index (χ2v) is 3.95. The van der Waals surface area contributed by atoms with E-state index in [9.17, 15) is 0 Å². The summed E-state index contributed by atoms with van der Waals surface area (Å²) in [6.45, 7) is 6.26. The van der Waals surface area contributed by atoms with Crippen LogP contribution in [0, 0.1) is 6.92 Å². The average molecular weight is 198 g/mol. The summed E-state index contributed by atoms with van der Waals surface area (Å²) in [4.78, 5) is 6.69. The Morgan fingerprint density at radius 2 is 2.31 bits per heavy atom. The first-order valence-corrected chi connectivity index (χ1v) is 5.39. The highest BCUT2D eigenvalue weighted by Gasteiger charge is 2.12. The predicted molar refractivity (Wildman–Crippen MR) is 54.3 cm³/mol. The largest absolute Gasteiger partial charge is 0.346 e. The molecule has 0 aromatic carbocycles. The van der Waals surface area contributed by atoms with E-state index in [2.05, 4.69) is 19.6 Å². The lowest BCUT2D eigenvalue weighted by Crippen LogP contribution is -2.27. The van der Waals surface area contributed by atoms with Gasteiger partial charge in [0.25, 0.3) is 0 Å². The lowest BCUT2D eigenvalue weighted by Gasteiger charge is -2.17. The Bertz CT molecular complexity index is 265. The molecule has 1 aromatic heterocycles. The smallest absolute Gasteiger partial charge is 0.205 e. The zero-order chi connectivity index (χ0) is 9.10. The number of hydrogen-bond donors (Lipinski definition) is 1. The minimum Gasteiger partial charge on any atom is -0.346 e. The predicted octanol–water partition coefficient (Wildman–Crippen LogP) is 0.646. The molecule has 1 aromatic rings. The van der Waals surface area contributed by atoms with Crippen LogP contribution in [0.25, 0.3) is 0 Å².